The highest BCUT2D eigenvalue weighted by atomic mass is 32.2. The molecule has 0 unspecified atom stereocenters. The molecule has 0 radical (unpaired) electrons. The Morgan fingerprint density at radius 2 is 1.31 bits per heavy atom. The molecule has 0 saturated carbocycles. The fourth-order valence-corrected chi connectivity index (χ4v) is 5.69. The van der Waals surface area contributed by atoms with Crippen molar-refractivity contribution in [3.8, 4) is 5.75 Å². The van der Waals surface area contributed by atoms with Gasteiger partial charge in [-0.3, -0.25) is 0 Å². The van der Waals surface area contributed by atoms with Crippen LogP contribution in [0.1, 0.15) is 22.9 Å². The molecule has 0 saturated heterocycles. The van der Waals surface area contributed by atoms with Crippen LogP contribution in [0.5, 0.6) is 5.75 Å². The van der Waals surface area contributed by atoms with Gasteiger partial charge in [-0.05, 0) is 40.8 Å². The monoisotopic (exact) mass is 482 g/mol. The van der Waals surface area contributed by atoms with E-state index in [1.54, 1.807) is 12.1 Å². The molecule has 5 nitrogen and oxygen atoms in total. The average Bonchev–Trinajstić information content (AvgIpc) is 3.23. The summed E-state index contributed by atoms with van der Waals surface area (Å²) in [4.78, 5) is -0.119. The van der Waals surface area contributed by atoms with E-state index in [-0.39, 0.29) is 23.2 Å². The Labute approximate surface area is 205 Å². The van der Waals surface area contributed by atoms with Gasteiger partial charge in [-0.15, -0.1) is 0 Å². The molecule has 0 aliphatic carbocycles. The average molecular weight is 483 g/mol. The van der Waals surface area contributed by atoms with Crippen molar-refractivity contribution >= 4 is 20.9 Å². The van der Waals surface area contributed by atoms with Crippen molar-refractivity contribution in [2.75, 3.05) is 6.54 Å². The highest BCUT2D eigenvalue weighted by Crippen LogP contribution is 2.33. The number of nitrogens with one attached hydrogen (secondary N) is 1. The predicted octanol–water partition coefficient (Wildman–Crippen LogP) is 5.51. The summed E-state index contributed by atoms with van der Waals surface area (Å²) in [5.41, 5.74) is 4.40. The molecule has 5 rings (SSSR count). The van der Waals surface area contributed by atoms with E-state index in [2.05, 4.69) is 51.8 Å². The van der Waals surface area contributed by atoms with Gasteiger partial charge in [0, 0.05) is 24.2 Å². The minimum Gasteiger partial charge on any atom is -0.507 e. The molecule has 0 fully saturated rings. The van der Waals surface area contributed by atoms with Gasteiger partial charge in [0.05, 0.1) is 6.04 Å². The minimum atomic E-state index is -3.84. The molecule has 0 aliphatic heterocycles. The summed E-state index contributed by atoms with van der Waals surface area (Å²) in [6.07, 6.45) is 0.484. The number of benzene rings is 4. The number of sulfonamides is 1. The first-order valence-electron chi connectivity index (χ1n) is 11.5. The van der Waals surface area contributed by atoms with E-state index in [4.69, 9.17) is 0 Å². The largest absolute Gasteiger partial charge is 0.507 e. The van der Waals surface area contributed by atoms with Gasteiger partial charge in [-0.25, -0.2) is 13.1 Å². The Morgan fingerprint density at radius 3 is 1.97 bits per heavy atom. The van der Waals surface area contributed by atoms with E-state index in [0.29, 0.717) is 6.42 Å². The number of nitrogens with zero attached hydrogens (tertiary/aromatic N) is 1. The topological polar surface area (TPSA) is 71.3 Å². The molecule has 1 heterocycles. The lowest BCUT2D eigenvalue weighted by molar-refractivity contribution is 0.458. The van der Waals surface area contributed by atoms with E-state index in [9.17, 15) is 13.5 Å². The maximum atomic E-state index is 12.8. The van der Waals surface area contributed by atoms with Crippen molar-refractivity contribution in [1.82, 2.24) is 9.29 Å². The molecule has 0 amide bonds. The lowest BCUT2D eigenvalue weighted by Gasteiger charge is -2.24. The number of aromatic hydroxyl groups is 1. The third-order valence-electron chi connectivity index (χ3n) is 6.14. The quantitative estimate of drug-likeness (QED) is 0.307. The number of rotatable bonds is 8. The number of para-hydroxylation sites is 2. The number of phenols is 1. The highest BCUT2D eigenvalue weighted by Gasteiger charge is 2.22. The van der Waals surface area contributed by atoms with Crippen molar-refractivity contribution < 1.29 is 13.5 Å². The van der Waals surface area contributed by atoms with Crippen LogP contribution in [0.15, 0.2) is 120 Å². The van der Waals surface area contributed by atoms with Gasteiger partial charge in [0.25, 0.3) is 0 Å². The van der Waals surface area contributed by atoms with E-state index < -0.39 is 10.0 Å². The predicted molar refractivity (Wildman–Crippen MR) is 139 cm³/mol. The molecule has 35 heavy (non-hydrogen) atoms. The summed E-state index contributed by atoms with van der Waals surface area (Å²) in [6.45, 7) is 0.198. The minimum absolute atomic E-state index is 0.0675. The zero-order chi connectivity index (χ0) is 24.3. The third-order valence-corrected chi connectivity index (χ3v) is 7.65. The Morgan fingerprint density at radius 1 is 0.743 bits per heavy atom. The molecule has 4 aromatic carbocycles. The molecule has 176 valence electrons. The maximum absolute atomic E-state index is 12.8. The Hall–Kier alpha value is -3.87. The fourth-order valence-electron chi connectivity index (χ4n) is 4.57. The Kier molecular flexibility index (Phi) is 6.40. The molecule has 0 aliphatic rings. The zero-order valence-electron chi connectivity index (χ0n) is 19.1. The van der Waals surface area contributed by atoms with E-state index >= 15 is 0 Å². The van der Waals surface area contributed by atoms with Crippen molar-refractivity contribution in [3.05, 3.63) is 132 Å². The Balaban J connectivity index is 1.54. The molecule has 1 aromatic heterocycles. The highest BCUT2D eigenvalue weighted by molar-refractivity contribution is 7.89. The van der Waals surface area contributed by atoms with Crippen molar-refractivity contribution in [1.29, 1.82) is 0 Å². The van der Waals surface area contributed by atoms with Gasteiger partial charge in [-0.1, -0.05) is 91.0 Å². The molecular formula is C29H26N2O3S. The zero-order valence-corrected chi connectivity index (χ0v) is 19.9. The van der Waals surface area contributed by atoms with Gasteiger partial charge in [0.1, 0.15) is 10.6 Å². The molecule has 0 bridgehead atoms. The van der Waals surface area contributed by atoms with Gasteiger partial charge >= 0.3 is 0 Å². The standard InChI is InChI=1S/C29H26N2O3S/c32-27-17-9-10-18-28(27)35(33,34)30-20-19-25-21-24-15-7-8-16-26(24)31(25)29(22-11-3-1-4-12-22)23-13-5-2-6-14-23/h1-18,21,29-30,32H,19-20H2. The van der Waals surface area contributed by atoms with Crippen LogP contribution in [-0.4, -0.2) is 24.6 Å². The van der Waals surface area contributed by atoms with Gasteiger partial charge in [0.15, 0.2) is 0 Å². The molecule has 0 atom stereocenters. The van der Waals surface area contributed by atoms with E-state index in [1.165, 1.54) is 12.1 Å². The van der Waals surface area contributed by atoms with Crippen LogP contribution in [0.25, 0.3) is 10.9 Å². The first kappa shape index (κ1) is 22.9. The number of hydrogen-bond acceptors (Lipinski definition) is 3. The summed E-state index contributed by atoms with van der Waals surface area (Å²) < 4.78 is 30.6. The Bertz CT molecular complexity index is 1510. The second-order valence-electron chi connectivity index (χ2n) is 8.40. The second kappa shape index (κ2) is 9.78. The van der Waals surface area contributed by atoms with E-state index in [1.807, 2.05) is 48.5 Å². The first-order chi connectivity index (χ1) is 17.0. The summed E-state index contributed by atoms with van der Waals surface area (Å²) in [6, 6.07) is 36.9. The van der Waals surface area contributed by atoms with Crippen LogP contribution >= 0.6 is 0 Å². The van der Waals surface area contributed by atoms with Gasteiger partial charge < -0.3 is 9.67 Å². The maximum Gasteiger partial charge on any atom is 0.244 e. The van der Waals surface area contributed by atoms with E-state index in [0.717, 1.165) is 27.7 Å². The summed E-state index contributed by atoms with van der Waals surface area (Å²) in [7, 11) is -3.84. The van der Waals surface area contributed by atoms with Crippen molar-refractivity contribution in [3.63, 3.8) is 0 Å². The van der Waals surface area contributed by atoms with Crippen LogP contribution in [0, 0.1) is 0 Å². The van der Waals surface area contributed by atoms with Gasteiger partial charge in [-0.2, -0.15) is 0 Å². The second-order valence-corrected chi connectivity index (χ2v) is 10.1. The summed E-state index contributed by atoms with van der Waals surface area (Å²) in [5, 5.41) is 11.1. The molecular weight excluding hydrogens is 456 g/mol. The number of aromatic nitrogens is 1. The van der Waals surface area contributed by atoms with Crippen LogP contribution < -0.4 is 4.72 Å². The van der Waals surface area contributed by atoms with Gasteiger partial charge in [0.2, 0.25) is 10.0 Å². The SMILES string of the molecule is O=S(=O)(NCCc1cc2ccccc2n1C(c1ccccc1)c1ccccc1)c1ccccc1O. The van der Waals surface area contributed by atoms with Crippen LogP contribution in [0.4, 0.5) is 0 Å². The number of fused-ring (bicyclic) bond motifs is 1. The molecule has 2 N–H and O–H groups in total. The summed E-state index contributed by atoms with van der Waals surface area (Å²) in [5.74, 6) is -0.262. The number of hydrogen-bond donors (Lipinski definition) is 2. The summed E-state index contributed by atoms with van der Waals surface area (Å²) >= 11 is 0. The van der Waals surface area contributed by atoms with Crippen LogP contribution in [0.3, 0.4) is 0 Å². The van der Waals surface area contributed by atoms with Crippen LogP contribution in [0.2, 0.25) is 0 Å². The lowest BCUT2D eigenvalue weighted by Crippen LogP contribution is -2.27. The smallest absolute Gasteiger partial charge is 0.244 e. The molecule has 6 heteroatoms. The molecule has 5 aromatic rings. The lowest BCUT2D eigenvalue weighted by atomic mass is 9.98. The number of phenolic OH excluding ortho intramolecular Hbond substituents is 1. The first-order valence-corrected chi connectivity index (χ1v) is 13.0. The van der Waals surface area contributed by atoms with Crippen molar-refractivity contribution in [2.24, 2.45) is 0 Å². The third kappa shape index (κ3) is 4.71. The van der Waals surface area contributed by atoms with Crippen LogP contribution in [-0.2, 0) is 16.4 Å². The molecule has 0 spiro atoms. The normalized spacial score (nSPS) is 11.8. The fraction of sp³-hybridized carbons (Fsp3) is 0.103. The van der Waals surface area contributed by atoms with Crippen molar-refractivity contribution in [2.45, 2.75) is 17.4 Å².